The lowest BCUT2D eigenvalue weighted by Gasteiger charge is -2.58. The van der Waals surface area contributed by atoms with E-state index in [0.29, 0.717) is 36.0 Å². The van der Waals surface area contributed by atoms with Gasteiger partial charge in [-0.2, -0.15) is 5.10 Å². The number of pyridine rings is 1. The van der Waals surface area contributed by atoms with Gasteiger partial charge in [-0.15, -0.1) is 0 Å². The second kappa shape index (κ2) is 8.23. The van der Waals surface area contributed by atoms with E-state index < -0.39 is 5.91 Å². The Bertz CT molecular complexity index is 1310. The third-order valence-corrected chi connectivity index (χ3v) is 6.42. The number of hydrogen-bond donors (Lipinski definition) is 2. The highest BCUT2D eigenvalue weighted by molar-refractivity contribution is 6.03. The summed E-state index contributed by atoms with van der Waals surface area (Å²) in [6.45, 7) is 3.02. The van der Waals surface area contributed by atoms with Crippen LogP contribution < -0.4 is 16.2 Å². The summed E-state index contributed by atoms with van der Waals surface area (Å²) < 4.78 is 7.42. The van der Waals surface area contributed by atoms with Crippen molar-refractivity contribution >= 4 is 17.6 Å². The molecular weight excluding hydrogens is 432 g/mol. The van der Waals surface area contributed by atoms with Crippen LogP contribution in [0.3, 0.4) is 0 Å². The Hall–Kier alpha value is -4.32. The maximum atomic E-state index is 12.2. The number of nitrogens with two attached hydrogens (primary N) is 2. The van der Waals surface area contributed by atoms with Crippen LogP contribution in [-0.2, 0) is 4.79 Å². The Labute approximate surface area is 196 Å². The molecular formula is C25H24N6O3. The van der Waals surface area contributed by atoms with Crippen molar-refractivity contribution in [3.05, 3.63) is 54.2 Å². The number of carbonyl (C=O) groups is 2. The van der Waals surface area contributed by atoms with E-state index >= 15 is 0 Å². The number of aromatic nitrogens is 3. The topological polar surface area (TPSA) is 129 Å². The van der Waals surface area contributed by atoms with Crippen LogP contribution in [0.25, 0.3) is 11.3 Å². The summed E-state index contributed by atoms with van der Waals surface area (Å²) >= 11 is 0. The van der Waals surface area contributed by atoms with Gasteiger partial charge in [0.15, 0.2) is 0 Å². The summed E-state index contributed by atoms with van der Waals surface area (Å²) in [6.07, 6.45) is 3.23. The van der Waals surface area contributed by atoms with Gasteiger partial charge in [0.2, 0.25) is 5.88 Å². The van der Waals surface area contributed by atoms with Crippen LogP contribution in [0, 0.1) is 17.3 Å². The number of anilines is 1. The molecule has 0 bridgehead atoms. The van der Waals surface area contributed by atoms with Crippen molar-refractivity contribution in [1.82, 2.24) is 19.7 Å². The number of amides is 2. The molecule has 0 atom stereocenters. The smallest absolute Gasteiger partial charge is 0.298 e. The number of primary amides is 1. The minimum Gasteiger partial charge on any atom is -0.439 e. The molecule has 0 unspecified atom stereocenters. The Balaban J connectivity index is 1.33. The SMILES string of the molecule is CC#CC(=O)N1CC2(CC(n3nc(-c4ccc(Oc5ccccc5)nc4)c(C(N)=O)c3N)C2)C1. The van der Waals surface area contributed by atoms with E-state index in [9.17, 15) is 9.59 Å². The van der Waals surface area contributed by atoms with Crippen LogP contribution in [-0.4, -0.2) is 44.6 Å². The molecule has 0 radical (unpaired) electrons. The van der Waals surface area contributed by atoms with Gasteiger partial charge in [-0.25, -0.2) is 9.67 Å². The van der Waals surface area contributed by atoms with Gasteiger partial charge in [-0.1, -0.05) is 24.1 Å². The predicted octanol–water partition coefficient (Wildman–Crippen LogP) is 2.61. The van der Waals surface area contributed by atoms with Gasteiger partial charge in [-0.3, -0.25) is 9.59 Å². The third-order valence-electron chi connectivity index (χ3n) is 6.42. The second-order valence-electron chi connectivity index (χ2n) is 8.82. The molecule has 5 rings (SSSR count). The molecule has 2 fully saturated rings. The lowest BCUT2D eigenvalue weighted by Crippen LogP contribution is -2.63. The van der Waals surface area contributed by atoms with Crippen LogP contribution in [0.5, 0.6) is 11.6 Å². The largest absolute Gasteiger partial charge is 0.439 e. The van der Waals surface area contributed by atoms with E-state index in [4.69, 9.17) is 16.2 Å². The first-order valence-corrected chi connectivity index (χ1v) is 11.0. The zero-order chi connectivity index (χ0) is 23.9. The van der Waals surface area contributed by atoms with Gasteiger partial charge in [0.25, 0.3) is 11.8 Å². The van der Waals surface area contributed by atoms with Crippen LogP contribution in [0.15, 0.2) is 48.7 Å². The van der Waals surface area contributed by atoms with Gasteiger partial charge in [0.05, 0.1) is 6.04 Å². The molecule has 3 aromatic rings. The van der Waals surface area contributed by atoms with Gasteiger partial charge >= 0.3 is 0 Å². The molecule has 2 amide bonds. The van der Waals surface area contributed by atoms with Crippen molar-refractivity contribution in [3.63, 3.8) is 0 Å². The maximum Gasteiger partial charge on any atom is 0.298 e. The molecule has 9 nitrogen and oxygen atoms in total. The number of hydrogen-bond acceptors (Lipinski definition) is 6. The molecule has 172 valence electrons. The van der Waals surface area contributed by atoms with Crippen LogP contribution in [0.1, 0.15) is 36.2 Å². The number of rotatable bonds is 5. The lowest BCUT2D eigenvalue weighted by molar-refractivity contribution is -0.148. The van der Waals surface area contributed by atoms with Crippen molar-refractivity contribution in [2.24, 2.45) is 11.1 Å². The summed E-state index contributed by atoms with van der Waals surface area (Å²) in [7, 11) is 0. The fourth-order valence-corrected chi connectivity index (χ4v) is 4.82. The maximum absolute atomic E-state index is 12.2. The molecule has 1 aromatic carbocycles. The molecule has 1 spiro atoms. The summed E-state index contributed by atoms with van der Waals surface area (Å²) in [5.74, 6) is 5.78. The van der Waals surface area contributed by atoms with Gasteiger partial charge in [0, 0.05) is 36.3 Å². The summed E-state index contributed by atoms with van der Waals surface area (Å²) in [6, 6.07) is 12.8. The van der Waals surface area contributed by atoms with E-state index in [0.717, 1.165) is 12.8 Å². The summed E-state index contributed by atoms with van der Waals surface area (Å²) in [5, 5.41) is 4.65. The molecule has 4 N–H and O–H groups in total. The van der Waals surface area contributed by atoms with Crippen LogP contribution in [0.4, 0.5) is 5.82 Å². The summed E-state index contributed by atoms with van der Waals surface area (Å²) in [5.41, 5.74) is 13.2. The number of carbonyl (C=O) groups excluding carboxylic acids is 2. The van der Waals surface area contributed by atoms with Crippen molar-refractivity contribution in [3.8, 4) is 34.7 Å². The zero-order valence-corrected chi connectivity index (χ0v) is 18.7. The quantitative estimate of drug-likeness (QED) is 0.568. The van der Waals surface area contributed by atoms with Crippen LogP contribution >= 0.6 is 0 Å². The minimum absolute atomic E-state index is 0.0370. The summed E-state index contributed by atoms with van der Waals surface area (Å²) in [4.78, 5) is 30.2. The minimum atomic E-state index is -0.643. The molecule has 1 saturated carbocycles. The lowest BCUT2D eigenvalue weighted by atomic mass is 9.60. The van der Waals surface area contributed by atoms with Crippen molar-refractivity contribution in [2.75, 3.05) is 18.8 Å². The first-order valence-electron chi connectivity index (χ1n) is 11.0. The molecule has 1 saturated heterocycles. The average molecular weight is 457 g/mol. The molecule has 1 aliphatic heterocycles. The van der Waals surface area contributed by atoms with Crippen molar-refractivity contribution in [2.45, 2.75) is 25.8 Å². The number of para-hydroxylation sites is 1. The highest BCUT2D eigenvalue weighted by Crippen LogP contribution is 2.54. The molecule has 34 heavy (non-hydrogen) atoms. The van der Waals surface area contributed by atoms with Gasteiger partial charge < -0.3 is 21.1 Å². The number of nitrogen functional groups attached to an aromatic ring is 1. The fraction of sp³-hybridized carbons (Fsp3) is 0.280. The standard InChI is InChI=1S/C25H24N6O3/c1-2-6-20(32)30-14-25(15-30)11-17(12-25)31-23(26)21(24(27)33)22(29-31)16-9-10-19(28-13-16)34-18-7-4-3-5-8-18/h3-5,7-10,13,17H,11-12,14-15,26H2,1H3,(H2,27,33). The van der Waals surface area contributed by atoms with Gasteiger partial charge in [0.1, 0.15) is 22.8 Å². The van der Waals surface area contributed by atoms with E-state index in [1.165, 1.54) is 0 Å². The monoisotopic (exact) mass is 456 g/mol. The first kappa shape index (κ1) is 21.5. The Morgan fingerprint density at radius 2 is 1.88 bits per heavy atom. The Morgan fingerprint density at radius 3 is 2.50 bits per heavy atom. The van der Waals surface area contributed by atoms with E-state index in [1.54, 1.807) is 34.8 Å². The van der Waals surface area contributed by atoms with E-state index in [-0.39, 0.29) is 28.7 Å². The van der Waals surface area contributed by atoms with Crippen molar-refractivity contribution < 1.29 is 14.3 Å². The predicted molar refractivity (Wildman–Crippen MR) is 126 cm³/mol. The van der Waals surface area contributed by atoms with Gasteiger partial charge in [-0.05, 0) is 43.9 Å². The second-order valence-corrected chi connectivity index (χ2v) is 8.82. The molecule has 2 aromatic heterocycles. The van der Waals surface area contributed by atoms with E-state index in [2.05, 4.69) is 21.9 Å². The zero-order valence-electron chi connectivity index (χ0n) is 18.7. The molecule has 3 heterocycles. The Kier molecular flexibility index (Phi) is 5.21. The number of likely N-dealkylation sites (tertiary alicyclic amines) is 1. The fourth-order valence-electron chi connectivity index (χ4n) is 4.82. The molecule has 9 heteroatoms. The highest BCUT2D eigenvalue weighted by Gasteiger charge is 2.54. The first-order chi connectivity index (χ1) is 16.4. The van der Waals surface area contributed by atoms with Crippen LogP contribution in [0.2, 0.25) is 0 Å². The molecule has 2 aliphatic rings. The molecule has 1 aliphatic carbocycles. The van der Waals surface area contributed by atoms with E-state index in [1.807, 2.05) is 30.3 Å². The number of ether oxygens (including phenoxy) is 1. The highest BCUT2D eigenvalue weighted by atomic mass is 16.5. The normalized spacial score (nSPS) is 16.2. The average Bonchev–Trinajstić information content (AvgIpc) is 3.10. The van der Waals surface area contributed by atoms with Crippen molar-refractivity contribution in [1.29, 1.82) is 0 Å². The Morgan fingerprint density at radius 1 is 1.15 bits per heavy atom. The number of nitrogens with zero attached hydrogens (tertiary/aromatic N) is 4. The number of benzene rings is 1. The third kappa shape index (κ3) is 3.73.